The smallest absolute Gasteiger partial charge is 0.108 e. The molecule has 0 fully saturated rings. The van der Waals surface area contributed by atoms with Crippen LogP contribution < -0.4 is 5.73 Å². The number of aliphatic hydroxyl groups is 1. The molecule has 11 heavy (non-hydrogen) atoms. The number of thiophene rings is 1. The quantitative estimate of drug-likeness (QED) is 0.703. The van der Waals surface area contributed by atoms with Crippen molar-refractivity contribution in [3.63, 3.8) is 0 Å². The summed E-state index contributed by atoms with van der Waals surface area (Å²) in [5, 5.41) is 11.7. The van der Waals surface area contributed by atoms with E-state index in [0.29, 0.717) is 0 Å². The van der Waals surface area contributed by atoms with Crippen LogP contribution in [0.1, 0.15) is 17.4 Å². The van der Waals surface area contributed by atoms with Gasteiger partial charge in [0.15, 0.2) is 0 Å². The molecule has 0 spiro atoms. The number of hydrogen-bond acceptors (Lipinski definition) is 3. The maximum Gasteiger partial charge on any atom is 0.108 e. The van der Waals surface area contributed by atoms with Crippen LogP contribution in [0, 0.1) is 6.92 Å². The summed E-state index contributed by atoms with van der Waals surface area (Å²) in [5.41, 5.74) is 5.74. The summed E-state index contributed by atoms with van der Waals surface area (Å²) >= 11 is 1.55. The standard InChI is InChI=1S/C8H13NOS/c1-6-3-7(11-4-6)8(2,10)5-9/h3-4,10H,5,9H2,1-2H3. The Morgan fingerprint density at radius 2 is 2.36 bits per heavy atom. The summed E-state index contributed by atoms with van der Waals surface area (Å²) < 4.78 is 0. The van der Waals surface area contributed by atoms with Crippen LogP contribution in [-0.4, -0.2) is 11.7 Å². The fourth-order valence-corrected chi connectivity index (χ4v) is 1.79. The van der Waals surface area contributed by atoms with Gasteiger partial charge in [-0.1, -0.05) is 0 Å². The first-order valence-corrected chi connectivity index (χ1v) is 4.42. The molecule has 0 aliphatic rings. The average molecular weight is 171 g/mol. The van der Waals surface area contributed by atoms with E-state index >= 15 is 0 Å². The van der Waals surface area contributed by atoms with Crippen LogP contribution in [0.2, 0.25) is 0 Å². The molecular weight excluding hydrogens is 158 g/mol. The summed E-state index contributed by atoms with van der Waals surface area (Å²) in [6, 6.07) is 1.97. The van der Waals surface area contributed by atoms with Crippen molar-refractivity contribution in [2.75, 3.05) is 6.54 Å². The van der Waals surface area contributed by atoms with Crippen molar-refractivity contribution in [3.8, 4) is 0 Å². The van der Waals surface area contributed by atoms with Gasteiger partial charge < -0.3 is 10.8 Å². The third kappa shape index (κ3) is 1.80. The summed E-state index contributed by atoms with van der Waals surface area (Å²) in [5.74, 6) is 0. The molecule has 62 valence electrons. The largest absolute Gasteiger partial charge is 0.383 e. The lowest BCUT2D eigenvalue weighted by molar-refractivity contribution is 0.0707. The summed E-state index contributed by atoms with van der Waals surface area (Å²) in [6.07, 6.45) is 0. The monoisotopic (exact) mass is 171 g/mol. The third-order valence-corrected chi connectivity index (χ3v) is 2.96. The second-order valence-electron chi connectivity index (χ2n) is 2.97. The maximum atomic E-state index is 9.69. The van der Waals surface area contributed by atoms with Gasteiger partial charge in [-0.2, -0.15) is 0 Å². The Hall–Kier alpha value is -0.380. The molecule has 1 atom stereocenters. The first-order valence-electron chi connectivity index (χ1n) is 3.54. The van der Waals surface area contributed by atoms with Crippen molar-refractivity contribution in [3.05, 3.63) is 21.9 Å². The molecule has 0 saturated carbocycles. The Kier molecular flexibility index (Phi) is 2.32. The zero-order chi connectivity index (χ0) is 8.48. The Labute approximate surface area is 70.7 Å². The zero-order valence-corrected chi connectivity index (χ0v) is 7.61. The van der Waals surface area contributed by atoms with Gasteiger partial charge in [0, 0.05) is 11.4 Å². The Bertz CT molecular complexity index is 242. The summed E-state index contributed by atoms with van der Waals surface area (Å²) in [4.78, 5) is 0.942. The lowest BCUT2D eigenvalue weighted by Gasteiger charge is -2.18. The highest BCUT2D eigenvalue weighted by atomic mass is 32.1. The SMILES string of the molecule is Cc1csc(C(C)(O)CN)c1. The van der Waals surface area contributed by atoms with Gasteiger partial charge in [0.05, 0.1) is 0 Å². The van der Waals surface area contributed by atoms with Crippen LogP contribution in [0.5, 0.6) is 0 Å². The molecule has 0 radical (unpaired) electrons. The van der Waals surface area contributed by atoms with Crippen molar-refractivity contribution in [1.82, 2.24) is 0 Å². The minimum atomic E-state index is -0.848. The molecule has 0 amide bonds. The third-order valence-electron chi connectivity index (χ3n) is 1.66. The van der Waals surface area contributed by atoms with E-state index in [1.165, 1.54) is 5.56 Å². The first kappa shape index (κ1) is 8.71. The summed E-state index contributed by atoms with van der Waals surface area (Å²) in [7, 11) is 0. The van der Waals surface area contributed by atoms with Gasteiger partial charge in [0.1, 0.15) is 5.60 Å². The molecule has 1 unspecified atom stereocenters. The highest BCUT2D eigenvalue weighted by Gasteiger charge is 2.22. The lowest BCUT2D eigenvalue weighted by Crippen LogP contribution is -2.30. The van der Waals surface area contributed by atoms with Gasteiger partial charge in [-0.05, 0) is 30.9 Å². The van der Waals surface area contributed by atoms with Crippen LogP contribution >= 0.6 is 11.3 Å². The van der Waals surface area contributed by atoms with Gasteiger partial charge in [-0.25, -0.2) is 0 Å². The minimum absolute atomic E-state index is 0.271. The zero-order valence-electron chi connectivity index (χ0n) is 6.79. The Morgan fingerprint density at radius 1 is 1.73 bits per heavy atom. The second-order valence-corrected chi connectivity index (χ2v) is 3.88. The predicted molar refractivity (Wildman–Crippen MR) is 47.7 cm³/mol. The molecule has 1 heterocycles. The molecule has 3 N–H and O–H groups in total. The fraction of sp³-hybridized carbons (Fsp3) is 0.500. The van der Waals surface area contributed by atoms with Crippen LogP contribution in [0.15, 0.2) is 11.4 Å². The molecular formula is C8H13NOS. The molecule has 0 aliphatic heterocycles. The molecule has 1 rings (SSSR count). The molecule has 0 aromatic carbocycles. The minimum Gasteiger partial charge on any atom is -0.383 e. The maximum absolute atomic E-state index is 9.69. The molecule has 1 aromatic rings. The highest BCUT2D eigenvalue weighted by Crippen LogP contribution is 2.25. The van der Waals surface area contributed by atoms with E-state index in [4.69, 9.17) is 5.73 Å². The van der Waals surface area contributed by atoms with E-state index in [0.717, 1.165) is 4.88 Å². The van der Waals surface area contributed by atoms with Crippen molar-refractivity contribution in [2.45, 2.75) is 19.4 Å². The Morgan fingerprint density at radius 3 is 2.73 bits per heavy atom. The first-order chi connectivity index (χ1) is 5.06. The van der Waals surface area contributed by atoms with Gasteiger partial charge in [-0.3, -0.25) is 0 Å². The number of aryl methyl sites for hydroxylation is 1. The van der Waals surface area contributed by atoms with Crippen molar-refractivity contribution in [1.29, 1.82) is 0 Å². The number of hydrogen-bond donors (Lipinski definition) is 2. The molecule has 1 aromatic heterocycles. The van der Waals surface area contributed by atoms with Crippen molar-refractivity contribution in [2.24, 2.45) is 5.73 Å². The lowest BCUT2D eigenvalue weighted by atomic mass is 10.1. The topological polar surface area (TPSA) is 46.2 Å². The molecule has 2 nitrogen and oxygen atoms in total. The van der Waals surface area contributed by atoms with E-state index < -0.39 is 5.60 Å². The number of rotatable bonds is 2. The summed E-state index contributed by atoms with van der Waals surface area (Å²) in [6.45, 7) is 4.01. The van der Waals surface area contributed by atoms with E-state index in [1.54, 1.807) is 18.3 Å². The van der Waals surface area contributed by atoms with E-state index in [-0.39, 0.29) is 6.54 Å². The molecule has 0 bridgehead atoms. The molecule has 0 aliphatic carbocycles. The van der Waals surface area contributed by atoms with Crippen LogP contribution in [0.4, 0.5) is 0 Å². The van der Waals surface area contributed by atoms with Gasteiger partial charge in [0.2, 0.25) is 0 Å². The fourth-order valence-electron chi connectivity index (χ4n) is 0.814. The second kappa shape index (κ2) is 2.93. The predicted octanol–water partition coefficient (Wildman–Crippen LogP) is 1.22. The van der Waals surface area contributed by atoms with Crippen LogP contribution in [0.25, 0.3) is 0 Å². The average Bonchev–Trinajstić information content (AvgIpc) is 2.36. The van der Waals surface area contributed by atoms with E-state index in [9.17, 15) is 5.11 Å². The van der Waals surface area contributed by atoms with Crippen LogP contribution in [0.3, 0.4) is 0 Å². The van der Waals surface area contributed by atoms with Gasteiger partial charge >= 0.3 is 0 Å². The van der Waals surface area contributed by atoms with Gasteiger partial charge in [-0.15, -0.1) is 11.3 Å². The highest BCUT2D eigenvalue weighted by molar-refractivity contribution is 7.10. The van der Waals surface area contributed by atoms with Crippen molar-refractivity contribution >= 4 is 11.3 Å². The van der Waals surface area contributed by atoms with E-state index in [1.807, 2.05) is 18.4 Å². The van der Waals surface area contributed by atoms with Gasteiger partial charge in [0.25, 0.3) is 0 Å². The van der Waals surface area contributed by atoms with Crippen LogP contribution in [-0.2, 0) is 5.60 Å². The molecule has 3 heteroatoms. The van der Waals surface area contributed by atoms with Crippen molar-refractivity contribution < 1.29 is 5.11 Å². The van der Waals surface area contributed by atoms with E-state index in [2.05, 4.69) is 0 Å². The molecule has 0 saturated heterocycles. The normalized spacial score (nSPS) is 16.4. The number of nitrogens with two attached hydrogens (primary N) is 1. The Balaban J connectivity index is 2.92.